The second kappa shape index (κ2) is 8.29. The van der Waals surface area contributed by atoms with Gasteiger partial charge in [-0.3, -0.25) is 0 Å². The van der Waals surface area contributed by atoms with Gasteiger partial charge in [0.1, 0.15) is 5.60 Å². The molecule has 6 heteroatoms. The van der Waals surface area contributed by atoms with Crippen LogP contribution >= 0.6 is 0 Å². The molecular formula is C12H27N3O3. The van der Waals surface area contributed by atoms with Gasteiger partial charge < -0.3 is 25.8 Å². The fourth-order valence-corrected chi connectivity index (χ4v) is 1.18. The van der Waals surface area contributed by atoms with Crippen LogP contribution in [0.2, 0.25) is 0 Å². The molecule has 0 aromatic carbocycles. The standard InChI is InChI=1S/C12H27N3O3/c1-9(17-5)7-14-10(6-13)8-15-11(16)18-12(2,3)4/h9-10,14H,6-8,13H2,1-5H3,(H,15,16). The highest BCUT2D eigenvalue weighted by Gasteiger charge is 2.17. The zero-order valence-corrected chi connectivity index (χ0v) is 12.1. The number of hydrogen-bond acceptors (Lipinski definition) is 5. The summed E-state index contributed by atoms with van der Waals surface area (Å²) in [5.74, 6) is 0. The van der Waals surface area contributed by atoms with Gasteiger partial charge in [-0.2, -0.15) is 0 Å². The highest BCUT2D eigenvalue weighted by molar-refractivity contribution is 5.67. The molecule has 1 amide bonds. The molecule has 108 valence electrons. The lowest BCUT2D eigenvalue weighted by atomic mass is 10.2. The quantitative estimate of drug-likeness (QED) is 0.620. The van der Waals surface area contributed by atoms with Crippen molar-refractivity contribution in [2.24, 2.45) is 5.73 Å². The van der Waals surface area contributed by atoms with Crippen molar-refractivity contribution in [2.45, 2.75) is 45.4 Å². The molecule has 0 heterocycles. The molecule has 0 aromatic heterocycles. The summed E-state index contributed by atoms with van der Waals surface area (Å²) in [6.45, 7) is 8.99. The summed E-state index contributed by atoms with van der Waals surface area (Å²) in [4.78, 5) is 11.4. The minimum Gasteiger partial charge on any atom is -0.444 e. The number of nitrogens with two attached hydrogens (primary N) is 1. The molecule has 0 spiro atoms. The summed E-state index contributed by atoms with van der Waals surface area (Å²) < 4.78 is 10.3. The van der Waals surface area contributed by atoms with Gasteiger partial charge in [0.25, 0.3) is 0 Å². The second-order valence-electron chi connectivity index (χ2n) is 5.27. The molecule has 0 aliphatic heterocycles. The topological polar surface area (TPSA) is 85.6 Å². The van der Waals surface area contributed by atoms with Gasteiger partial charge in [0.05, 0.1) is 6.10 Å². The van der Waals surface area contributed by atoms with E-state index in [1.54, 1.807) is 7.11 Å². The molecule has 0 rings (SSSR count). The Morgan fingerprint density at radius 3 is 2.39 bits per heavy atom. The number of carbonyl (C=O) groups is 1. The Balaban J connectivity index is 3.89. The van der Waals surface area contributed by atoms with Crippen LogP contribution in [0.4, 0.5) is 4.79 Å². The van der Waals surface area contributed by atoms with Gasteiger partial charge in [-0.1, -0.05) is 0 Å². The average Bonchev–Trinajstić information content (AvgIpc) is 2.26. The van der Waals surface area contributed by atoms with Gasteiger partial charge in [0.2, 0.25) is 0 Å². The SMILES string of the molecule is COC(C)CNC(CN)CNC(=O)OC(C)(C)C. The molecule has 0 saturated heterocycles. The minimum atomic E-state index is -0.486. The molecule has 0 aromatic rings. The average molecular weight is 261 g/mol. The van der Waals surface area contributed by atoms with Gasteiger partial charge in [-0.25, -0.2) is 4.79 Å². The summed E-state index contributed by atoms with van der Waals surface area (Å²) in [5.41, 5.74) is 5.13. The van der Waals surface area contributed by atoms with Crippen molar-refractivity contribution in [1.29, 1.82) is 0 Å². The summed E-state index contributed by atoms with van der Waals surface area (Å²) in [6.07, 6.45) is -0.317. The molecule has 2 unspecified atom stereocenters. The van der Waals surface area contributed by atoms with E-state index < -0.39 is 11.7 Å². The zero-order chi connectivity index (χ0) is 14.2. The Hall–Kier alpha value is -0.850. The van der Waals surface area contributed by atoms with Gasteiger partial charge in [0, 0.05) is 32.8 Å². The van der Waals surface area contributed by atoms with Gasteiger partial charge in [-0.05, 0) is 27.7 Å². The Morgan fingerprint density at radius 1 is 1.33 bits per heavy atom. The van der Waals surface area contributed by atoms with Crippen LogP contribution in [0.3, 0.4) is 0 Å². The lowest BCUT2D eigenvalue weighted by Crippen LogP contribution is -2.48. The first-order valence-electron chi connectivity index (χ1n) is 6.21. The largest absolute Gasteiger partial charge is 0.444 e. The van der Waals surface area contributed by atoms with E-state index in [0.29, 0.717) is 19.6 Å². The van der Waals surface area contributed by atoms with Gasteiger partial charge in [-0.15, -0.1) is 0 Å². The summed E-state index contributed by atoms with van der Waals surface area (Å²) >= 11 is 0. The van der Waals surface area contributed by atoms with Crippen molar-refractivity contribution in [3.05, 3.63) is 0 Å². The van der Waals surface area contributed by atoms with E-state index in [2.05, 4.69) is 10.6 Å². The van der Waals surface area contributed by atoms with Crippen molar-refractivity contribution in [1.82, 2.24) is 10.6 Å². The Morgan fingerprint density at radius 2 is 1.94 bits per heavy atom. The van der Waals surface area contributed by atoms with Crippen LogP contribution in [0.1, 0.15) is 27.7 Å². The Bertz CT molecular complexity index is 241. The molecule has 0 saturated carbocycles. The third kappa shape index (κ3) is 9.21. The van der Waals surface area contributed by atoms with Crippen LogP contribution in [0.15, 0.2) is 0 Å². The highest BCUT2D eigenvalue weighted by Crippen LogP contribution is 2.06. The van der Waals surface area contributed by atoms with Crippen LogP contribution in [0.5, 0.6) is 0 Å². The Labute approximate surface area is 110 Å². The molecular weight excluding hydrogens is 234 g/mol. The molecule has 2 atom stereocenters. The first-order valence-corrected chi connectivity index (χ1v) is 6.21. The van der Waals surface area contributed by atoms with E-state index in [1.165, 1.54) is 0 Å². The monoisotopic (exact) mass is 261 g/mol. The number of hydrogen-bond donors (Lipinski definition) is 3. The van der Waals surface area contributed by atoms with E-state index >= 15 is 0 Å². The van der Waals surface area contributed by atoms with E-state index in [0.717, 1.165) is 0 Å². The maximum Gasteiger partial charge on any atom is 0.407 e. The number of ether oxygens (including phenoxy) is 2. The van der Waals surface area contributed by atoms with Gasteiger partial charge in [0.15, 0.2) is 0 Å². The minimum absolute atomic E-state index is 0.00937. The molecule has 0 bridgehead atoms. The lowest BCUT2D eigenvalue weighted by molar-refractivity contribution is 0.0521. The number of nitrogens with one attached hydrogen (secondary N) is 2. The first-order chi connectivity index (χ1) is 8.28. The molecule has 6 nitrogen and oxygen atoms in total. The van der Waals surface area contributed by atoms with Crippen molar-refractivity contribution < 1.29 is 14.3 Å². The maximum atomic E-state index is 11.4. The van der Waals surface area contributed by atoms with Crippen molar-refractivity contribution >= 4 is 6.09 Å². The summed E-state index contributed by atoms with van der Waals surface area (Å²) in [6, 6.07) is 0.00937. The van der Waals surface area contributed by atoms with E-state index in [9.17, 15) is 4.79 Å². The summed E-state index contributed by atoms with van der Waals surface area (Å²) in [7, 11) is 1.66. The summed E-state index contributed by atoms with van der Waals surface area (Å²) in [5, 5.41) is 5.91. The maximum absolute atomic E-state index is 11.4. The fourth-order valence-electron chi connectivity index (χ4n) is 1.18. The lowest BCUT2D eigenvalue weighted by Gasteiger charge is -2.22. The van der Waals surface area contributed by atoms with E-state index in [-0.39, 0.29) is 12.1 Å². The second-order valence-corrected chi connectivity index (χ2v) is 5.27. The van der Waals surface area contributed by atoms with Crippen LogP contribution < -0.4 is 16.4 Å². The number of rotatable bonds is 7. The number of alkyl carbamates (subject to hydrolysis) is 1. The molecule has 0 aliphatic rings. The Kier molecular flexibility index (Phi) is 7.90. The normalized spacial score (nSPS) is 15.0. The van der Waals surface area contributed by atoms with Crippen LogP contribution in [-0.2, 0) is 9.47 Å². The number of methoxy groups -OCH3 is 1. The third-order valence-corrected chi connectivity index (χ3v) is 2.27. The first kappa shape index (κ1) is 17.2. The van der Waals surface area contributed by atoms with Crippen LogP contribution in [0, 0.1) is 0 Å². The molecule has 0 radical (unpaired) electrons. The van der Waals surface area contributed by atoms with Crippen molar-refractivity contribution in [2.75, 3.05) is 26.7 Å². The molecule has 18 heavy (non-hydrogen) atoms. The predicted octanol–water partition coefficient (Wildman–Crippen LogP) is 0.463. The zero-order valence-electron chi connectivity index (χ0n) is 12.1. The molecule has 0 fully saturated rings. The molecule has 4 N–H and O–H groups in total. The third-order valence-electron chi connectivity index (χ3n) is 2.27. The smallest absolute Gasteiger partial charge is 0.407 e. The van der Waals surface area contributed by atoms with Crippen LogP contribution in [0.25, 0.3) is 0 Å². The van der Waals surface area contributed by atoms with Crippen molar-refractivity contribution in [3.8, 4) is 0 Å². The van der Waals surface area contributed by atoms with E-state index in [4.69, 9.17) is 15.2 Å². The fraction of sp³-hybridized carbons (Fsp3) is 0.917. The van der Waals surface area contributed by atoms with Gasteiger partial charge >= 0.3 is 6.09 Å². The molecule has 0 aliphatic carbocycles. The van der Waals surface area contributed by atoms with Crippen molar-refractivity contribution in [3.63, 3.8) is 0 Å². The highest BCUT2D eigenvalue weighted by atomic mass is 16.6. The van der Waals surface area contributed by atoms with Crippen LogP contribution in [-0.4, -0.2) is 50.6 Å². The predicted molar refractivity (Wildman–Crippen MR) is 71.6 cm³/mol. The number of amides is 1. The van der Waals surface area contributed by atoms with E-state index in [1.807, 2.05) is 27.7 Å². The number of carbonyl (C=O) groups excluding carboxylic acids is 1.